The summed E-state index contributed by atoms with van der Waals surface area (Å²) < 4.78 is 29.0. The highest BCUT2D eigenvalue weighted by Gasteiger charge is 2.32. The van der Waals surface area contributed by atoms with Crippen LogP contribution < -0.4 is 5.32 Å². The normalized spacial score (nSPS) is 15.1. The standard InChI is InChI=1S/C20H28N4O3S/c1-14-7-8-15(2)18(13-14)21-19(25)9-12-24-17(4)20(16(3)22-24)28(26,27)23-10-5-6-11-23/h7-8,13H,5-6,9-12H2,1-4H3,(H,21,25). The number of amides is 1. The summed E-state index contributed by atoms with van der Waals surface area (Å²) in [5.74, 6) is -0.120. The van der Waals surface area contributed by atoms with Crippen LogP contribution in [0.3, 0.4) is 0 Å². The van der Waals surface area contributed by atoms with Crippen LogP contribution in [-0.2, 0) is 21.4 Å². The minimum absolute atomic E-state index is 0.120. The highest BCUT2D eigenvalue weighted by atomic mass is 32.2. The zero-order valence-electron chi connectivity index (χ0n) is 16.9. The van der Waals surface area contributed by atoms with E-state index in [9.17, 15) is 13.2 Å². The molecule has 2 heterocycles. The monoisotopic (exact) mass is 404 g/mol. The molecule has 0 radical (unpaired) electrons. The van der Waals surface area contributed by atoms with E-state index >= 15 is 0 Å². The summed E-state index contributed by atoms with van der Waals surface area (Å²) in [5, 5.41) is 7.32. The second-order valence-electron chi connectivity index (χ2n) is 7.45. The smallest absolute Gasteiger partial charge is 0.246 e. The molecule has 1 fully saturated rings. The predicted octanol–water partition coefficient (Wildman–Crippen LogP) is 2.93. The van der Waals surface area contributed by atoms with E-state index in [0.717, 1.165) is 29.7 Å². The molecule has 3 rings (SSSR count). The maximum absolute atomic E-state index is 12.9. The van der Waals surface area contributed by atoms with Crippen LogP contribution in [0.25, 0.3) is 0 Å². The van der Waals surface area contributed by atoms with Gasteiger partial charge in [-0.25, -0.2) is 8.42 Å². The molecule has 28 heavy (non-hydrogen) atoms. The summed E-state index contributed by atoms with van der Waals surface area (Å²) >= 11 is 0. The van der Waals surface area contributed by atoms with Crippen molar-refractivity contribution in [3.63, 3.8) is 0 Å². The number of nitrogens with one attached hydrogen (secondary N) is 1. The molecule has 1 aliphatic heterocycles. The van der Waals surface area contributed by atoms with E-state index in [1.54, 1.807) is 18.5 Å². The van der Waals surface area contributed by atoms with Crippen LogP contribution in [0.1, 0.15) is 41.8 Å². The molecular weight excluding hydrogens is 376 g/mol. The molecule has 152 valence electrons. The van der Waals surface area contributed by atoms with Gasteiger partial charge >= 0.3 is 0 Å². The van der Waals surface area contributed by atoms with E-state index in [0.29, 0.717) is 31.0 Å². The summed E-state index contributed by atoms with van der Waals surface area (Å²) in [6, 6.07) is 5.92. The Morgan fingerprint density at radius 2 is 1.82 bits per heavy atom. The van der Waals surface area contributed by atoms with Crippen LogP contribution in [0.15, 0.2) is 23.1 Å². The van der Waals surface area contributed by atoms with Crippen LogP contribution >= 0.6 is 0 Å². The van der Waals surface area contributed by atoms with Crippen molar-refractivity contribution in [3.05, 3.63) is 40.7 Å². The van der Waals surface area contributed by atoms with Gasteiger partial charge in [-0.2, -0.15) is 9.40 Å². The highest BCUT2D eigenvalue weighted by Crippen LogP contribution is 2.26. The lowest BCUT2D eigenvalue weighted by molar-refractivity contribution is -0.116. The van der Waals surface area contributed by atoms with Crippen molar-refractivity contribution < 1.29 is 13.2 Å². The second-order valence-corrected chi connectivity index (χ2v) is 9.33. The predicted molar refractivity (Wildman–Crippen MR) is 109 cm³/mol. The maximum atomic E-state index is 12.9. The summed E-state index contributed by atoms with van der Waals surface area (Å²) in [6.45, 7) is 8.85. The number of carbonyl (C=O) groups excluding carboxylic acids is 1. The summed E-state index contributed by atoms with van der Waals surface area (Å²) in [7, 11) is -3.53. The average Bonchev–Trinajstić information content (AvgIpc) is 3.25. The zero-order valence-corrected chi connectivity index (χ0v) is 17.8. The van der Waals surface area contributed by atoms with Crippen LogP contribution in [0.4, 0.5) is 5.69 Å². The maximum Gasteiger partial charge on any atom is 0.246 e. The van der Waals surface area contributed by atoms with E-state index in [2.05, 4.69) is 10.4 Å². The van der Waals surface area contributed by atoms with Gasteiger partial charge in [0.15, 0.2) is 0 Å². The number of nitrogens with zero attached hydrogens (tertiary/aromatic N) is 3. The van der Waals surface area contributed by atoms with Crippen molar-refractivity contribution in [2.45, 2.75) is 58.4 Å². The fourth-order valence-electron chi connectivity index (χ4n) is 3.62. The Bertz CT molecular complexity index is 989. The van der Waals surface area contributed by atoms with Gasteiger partial charge in [0.05, 0.1) is 17.9 Å². The lowest BCUT2D eigenvalue weighted by atomic mass is 10.1. The number of hydrogen-bond donors (Lipinski definition) is 1. The lowest BCUT2D eigenvalue weighted by Crippen LogP contribution is -2.28. The van der Waals surface area contributed by atoms with Crippen molar-refractivity contribution in [3.8, 4) is 0 Å². The van der Waals surface area contributed by atoms with Gasteiger partial charge in [0, 0.05) is 25.2 Å². The van der Waals surface area contributed by atoms with Crippen LogP contribution in [0, 0.1) is 27.7 Å². The molecule has 0 atom stereocenters. The molecule has 1 saturated heterocycles. The zero-order chi connectivity index (χ0) is 20.5. The molecule has 1 aromatic carbocycles. The van der Waals surface area contributed by atoms with Crippen LogP contribution in [0.5, 0.6) is 0 Å². The Morgan fingerprint density at radius 1 is 1.14 bits per heavy atom. The highest BCUT2D eigenvalue weighted by molar-refractivity contribution is 7.89. The molecule has 1 aliphatic rings. The summed E-state index contributed by atoms with van der Waals surface area (Å²) in [5.41, 5.74) is 3.96. The topological polar surface area (TPSA) is 84.3 Å². The van der Waals surface area contributed by atoms with Gasteiger partial charge in [-0.3, -0.25) is 9.48 Å². The first-order valence-electron chi connectivity index (χ1n) is 9.61. The molecule has 8 heteroatoms. The number of sulfonamides is 1. The molecule has 1 N–H and O–H groups in total. The molecule has 7 nitrogen and oxygen atoms in total. The van der Waals surface area contributed by atoms with Crippen molar-refractivity contribution >= 4 is 21.6 Å². The number of benzene rings is 1. The first-order valence-corrected chi connectivity index (χ1v) is 11.1. The number of aromatic nitrogens is 2. The largest absolute Gasteiger partial charge is 0.326 e. The molecule has 0 spiro atoms. The molecule has 1 aromatic heterocycles. The first kappa shape index (κ1) is 20.5. The number of rotatable bonds is 6. The molecule has 0 aliphatic carbocycles. The minimum atomic E-state index is -3.53. The Kier molecular flexibility index (Phi) is 5.90. The van der Waals surface area contributed by atoms with E-state index in [4.69, 9.17) is 0 Å². The van der Waals surface area contributed by atoms with Crippen molar-refractivity contribution in [2.75, 3.05) is 18.4 Å². The second kappa shape index (κ2) is 8.05. The first-order chi connectivity index (χ1) is 13.2. The Labute approximate surface area is 166 Å². The third-order valence-corrected chi connectivity index (χ3v) is 7.35. The summed E-state index contributed by atoms with van der Waals surface area (Å²) in [6.07, 6.45) is 2.01. The third-order valence-electron chi connectivity index (χ3n) is 5.20. The van der Waals surface area contributed by atoms with Crippen LogP contribution in [-0.4, -0.2) is 41.5 Å². The van der Waals surface area contributed by atoms with E-state index in [-0.39, 0.29) is 17.2 Å². The van der Waals surface area contributed by atoms with Crippen molar-refractivity contribution in [1.82, 2.24) is 14.1 Å². The van der Waals surface area contributed by atoms with Gasteiger partial charge in [0.2, 0.25) is 15.9 Å². The SMILES string of the molecule is Cc1ccc(C)c(NC(=O)CCn2nc(C)c(S(=O)(=O)N3CCCC3)c2C)c1. The fraction of sp³-hybridized carbons (Fsp3) is 0.500. The van der Waals surface area contributed by atoms with Gasteiger partial charge in [0.1, 0.15) is 4.90 Å². The molecular formula is C20H28N4O3S. The number of anilines is 1. The minimum Gasteiger partial charge on any atom is -0.326 e. The van der Waals surface area contributed by atoms with Gasteiger partial charge in [-0.15, -0.1) is 0 Å². The number of hydrogen-bond acceptors (Lipinski definition) is 4. The Balaban J connectivity index is 1.72. The van der Waals surface area contributed by atoms with E-state index < -0.39 is 10.0 Å². The molecule has 0 bridgehead atoms. The number of carbonyl (C=O) groups is 1. The summed E-state index contributed by atoms with van der Waals surface area (Å²) in [4.78, 5) is 12.7. The average molecular weight is 405 g/mol. The lowest BCUT2D eigenvalue weighted by Gasteiger charge is -2.15. The van der Waals surface area contributed by atoms with Gasteiger partial charge in [-0.1, -0.05) is 12.1 Å². The number of aryl methyl sites for hydroxylation is 4. The molecule has 1 amide bonds. The quantitative estimate of drug-likeness (QED) is 0.802. The fourth-order valence-corrected chi connectivity index (χ4v) is 5.51. The van der Waals surface area contributed by atoms with E-state index in [1.165, 1.54) is 4.31 Å². The van der Waals surface area contributed by atoms with Gasteiger partial charge in [0.25, 0.3) is 0 Å². The van der Waals surface area contributed by atoms with E-state index in [1.807, 2.05) is 32.0 Å². The third kappa shape index (κ3) is 4.12. The molecule has 0 saturated carbocycles. The Hall–Kier alpha value is -2.19. The van der Waals surface area contributed by atoms with Crippen molar-refractivity contribution in [2.24, 2.45) is 0 Å². The molecule has 2 aromatic rings. The van der Waals surface area contributed by atoms with Crippen LogP contribution in [0.2, 0.25) is 0 Å². The van der Waals surface area contributed by atoms with Crippen molar-refractivity contribution in [1.29, 1.82) is 0 Å². The van der Waals surface area contributed by atoms with Gasteiger partial charge < -0.3 is 5.32 Å². The molecule has 0 unspecified atom stereocenters. The van der Waals surface area contributed by atoms with Gasteiger partial charge in [-0.05, 0) is 57.7 Å². The Morgan fingerprint density at radius 3 is 2.50 bits per heavy atom.